The van der Waals surface area contributed by atoms with Gasteiger partial charge < -0.3 is 14.7 Å². The minimum Gasteiger partial charge on any atom is -0.481 e. The van der Waals surface area contributed by atoms with Gasteiger partial charge >= 0.3 is 5.97 Å². The Morgan fingerprint density at radius 3 is 2.46 bits per heavy atom. The van der Waals surface area contributed by atoms with E-state index in [4.69, 9.17) is 4.74 Å². The lowest BCUT2D eigenvalue weighted by Crippen LogP contribution is -2.43. The van der Waals surface area contributed by atoms with Crippen LogP contribution in [0.5, 0.6) is 0 Å². The molecule has 1 aromatic carbocycles. The highest BCUT2D eigenvalue weighted by atomic mass is 19.1. The highest BCUT2D eigenvalue weighted by Gasteiger charge is 2.40. The third-order valence-electron chi connectivity index (χ3n) is 5.08. The van der Waals surface area contributed by atoms with Gasteiger partial charge in [0, 0.05) is 19.7 Å². The van der Waals surface area contributed by atoms with Crippen LogP contribution >= 0.6 is 0 Å². The molecule has 2 aliphatic rings. The molecule has 0 bridgehead atoms. The molecule has 1 amide bonds. The maximum atomic E-state index is 12.9. The van der Waals surface area contributed by atoms with Crippen LogP contribution in [-0.2, 0) is 20.7 Å². The van der Waals surface area contributed by atoms with E-state index in [1.807, 2.05) is 4.90 Å². The van der Waals surface area contributed by atoms with Gasteiger partial charge in [0.2, 0.25) is 5.91 Å². The van der Waals surface area contributed by atoms with Crippen molar-refractivity contribution in [1.29, 1.82) is 0 Å². The number of carbonyl (C=O) groups excluding carboxylic acids is 1. The van der Waals surface area contributed by atoms with Gasteiger partial charge in [0.15, 0.2) is 0 Å². The summed E-state index contributed by atoms with van der Waals surface area (Å²) in [7, 11) is 0. The van der Waals surface area contributed by atoms with Crippen LogP contribution in [0, 0.1) is 17.7 Å². The van der Waals surface area contributed by atoms with Crippen molar-refractivity contribution >= 4 is 11.9 Å². The molecule has 0 saturated carbocycles. The summed E-state index contributed by atoms with van der Waals surface area (Å²) in [5, 5.41) is 9.27. The topological polar surface area (TPSA) is 66.8 Å². The van der Waals surface area contributed by atoms with Crippen LogP contribution in [0.15, 0.2) is 24.3 Å². The van der Waals surface area contributed by atoms with Crippen LogP contribution in [-0.4, -0.2) is 47.7 Å². The number of hydrogen-bond acceptors (Lipinski definition) is 3. The van der Waals surface area contributed by atoms with Crippen LogP contribution in [0.25, 0.3) is 0 Å². The van der Waals surface area contributed by atoms with Crippen molar-refractivity contribution < 1.29 is 23.8 Å². The number of aliphatic carboxylic acids is 1. The van der Waals surface area contributed by atoms with Crippen molar-refractivity contribution in [3.8, 4) is 0 Å². The Labute approximate surface area is 140 Å². The molecule has 0 aliphatic carbocycles. The molecule has 130 valence electrons. The summed E-state index contributed by atoms with van der Waals surface area (Å²) in [5.74, 6) is -1.29. The molecule has 1 unspecified atom stereocenters. The van der Waals surface area contributed by atoms with Crippen molar-refractivity contribution in [2.24, 2.45) is 11.8 Å². The third-order valence-corrected chi connectivity index (χ3v) is 5.08. The van der Waals surface area contributed by atoms with Gasteiger partial charge in [-0.3, -0.25) is 9.59 Å². The van der Waals surface area contributed by atoms with Gasteiger partial charge in [-0.05, 0) is 42.9 Å². The minimum atomic E-state index is -0.785. The first-order valence-corrected chi connectivity index (χ1v) is 8.41. The molecule has 24 heavy (non-hydrogen) atoms. The fourth-order valence-corrected chi connectivity index (χ4v) is 3.71. The normalized spacial score (nSPS) is 25.0. The van der Waals surface area contributed by atoms with Crippen molar-refractivity contribution in [3.05, 3.63) is 35.6 Å². The van der Waals surface area contributed by atoms with Crippen molar-refractivity contribution in [1.82, 2.24) is 4.90 Å². The second-order valence-corrected chi connectivity index (χ2v) is 6.59. The van der Waals surface area contributed by atoms with E-state index >= 15 is 0 Å². The van der Waals surface area contributed by atoms with Gasteiger partial charge in [0.1, 0.15) is 5.82 Å². The predicted molar refractivity (Wildman–Crippen MR) is 84.9 cm³/mol. The van der Waals surface area contributed by atoms with Gasteiger partial charge in [0.05, 0.1) is 18.4 Å². The number of ether oxygens (including phenoxy) is 1. The fraction of sp³-hybridized carbons (Fsp3) is 0.556. The first-order valence-electron chi connectivity index (χ1n) is 8.41. The number of piperidine rings is 1. The summed E-state index contributed by atoms with van der Waals surface area (Å²) in [6, 6.07) is 5.98. The van der Waals surface area contributed by atoms with Gasteiger partial charge in [-0.25, -0.2) is 4.39 Å². The Morgan fingerprint density at radius 1 is 1.17 bits per heavy atom. The lowest BCUT2D eigenvalue weighted by molar-refractivity contribution is -0.145. The molecule has 0 spiro atoms. The van der Waals surface area contributed by atoms with E-state index in [2.05, 4.69) is 0 Å². The number of rotatable bonds is 4. The van der Waals surface area contributed by atoms with Gasteiger partial charge in [-0.15, -0.1) is 0 Å². The number of carboxylic acid groups (broad SMARTS) is 1. The van der Waals surface area contributed by atoms with E-state index in [0.29, 0.717) is 26.1 Å². The molecular formula is C18H22FNO4. The highest BCUT2D eigenvalue weighted by Crippen LogP contribution is 2.33. The van der Waals surface area contributed by atoms with E-state index in [1.54, 1.807) is 12.1 Å². The lowest BCUT2D eigenvalue weighted by atomic mass is 9.84. The summed E-state index contributed by atoms with van der Waals surface area (Å²) in [6.07, 6.45) is 2.15. The van der Waals surface area contributed by atoms with Crippen LogP contribution < -0.4 is 0 Å². The van der Waals surface area contributed by atoms with Gasteiger partial charge in [-0.2, -0.15) is 0 Å². The Bertz CT molecular complexity index is 596. The van der Waals surface area contributed by atoms with E-state index in [-0.39, 0.29) is 30.2 Å². The van der Waals surface area contributed by atoms with Crippen molar-refractivity contribution in [3.63, 3.8) is 0 Å². The Balaban J connectivity index is 1.52. The van der Waals surface area contributed by atoms with E-state index in [0.717, 1.165) is 18.4 Å². The molecule has 5 nitrogen and oxygen atoms in total. The quantitative estimate of drug-likeness (QED) is 0.915. The smallest absolute Gasteiger partial charge is 0.309 e. The first kappa shape index (κ1) is 16.9. The van der Waals surface area contributed by atoms with Gasteiger partial charge in [-0.1, -0.05) is 12.1 Å². The summed E-state index contributed by atoms with van der Waals surface area (Å²) in [4.78, 5) is 25.5. The fourth-order valence-electron chi connectivity index (χ4n) is 3.71. The van der Waals surface area contributed by atoms with Gasteiger partial charge in [0.25, 0.3) is 0 Å². The average molecular weight is 335 g/mol. The number of nitrogens with zero attached hydrogens (tertiary/aromatic N) is 1. The standard InChI is InChI=1S/C18H22FNO4/c19-14-3-1-12(2-4-14)11-16(21)20-8-5-13(6-9-20)17-15(18(22)23)7-10-24-17/h1-4,13,15,17H,5-11H2,(H,22,23)/t15?,17-/m0/s1. The lowest BCUT2D eigenvalue weighted by Gasteiger charge is -2.35. The molecule has 3 rings (SSSR count). The van der Waals surface area contributed by atoms with Crippen molar-refractivity contribution in [2.45, 2.75) is 31.8 Å². The highest BCUT2D eigenvalue weighted by molar-refractivity contribution is 5.78. The third kappa shape index (κ3) is 3.75. The largest absolute Gasteiger partial charge is 0.481 e. The summed E-state index contributed by atoms with van der Waals surface area (Å²) >= 11 is 0. The zero-order valence-electron chi connectivity index (χ0n) is 13.5. The molecule has 6 heteroatoms. The molecule has 2 atom stereocenters. The Kier molecular flexibility index (Phi) is 5.14. The molecule has 0 radical (unpaired) electrons. The van der Waals surface area contributed by atoms with E-state index < -0.39 is 11.9 Å². The molecule has 2 heterocycles. The molecule has 2 fully saturated rings. The molecule has 2 saturated heterocycles. The Hall–Kier alpha value is -1.95. The zero-order valence-corrected chi connectivity index (χ0v) is 13.5. The zero-order chi connectivity index (χ0) is 17.1. The number of hydrogen-bond donors (Lipinski definition) is 1. The van der Waals surface area contributed by atoms with E-state index in [9.17, 15) is 19.1 Å². The number of likely N-dealkylation sites (tertiary alicyclic amines) is 1. The molecule has 1 aromatic rings. The minimum absolute atomic E-state index is 0.0298. The van der Waals surface area contributed by atoms with Crippen LogP contribution in [0.1, 0.15) is 24.8 Å². The predicted octanol–water partition coefficient (Wildman–Crippen LogP) is 2.10. The number of carboxylic acids is 1. The van der Waals surface area contributed by atoms with E-state index in [1.165, 1.54) is 12.1 Å². The molecule has 1 N–H and O–H groups in total. The van der Waals surface area contributed by atoms with Crippen molar-refractivity contribution in [2.75, 3.05) is 19.7 Å². The first-order chi connectivity index (χ1) is 11.5. The second kappa shape index (κ2) is 7.30. The van der Waals surface area contributed by atoms with Crippen LogP contribution in [0.2, 0.25) is 0 Å². The monoisotopic (exact) mass is 335 g/mol. The number of benzene rings is 1. The summed E-state index contributed by atoms with van der Waals surface area (Å²) in [6.45, 7) is 1.75. The Morgan fingerprint density at radius 2 is 1.83 bits per heavy atom. The number of carbonyl (C=O) groups is 2. The molecular weight excluding hydrogens is 313 g/mol. The van der Waals surface area contributed by atoms with Crippen LogP contribution in [0.3, 0.4) is 0 Å². The second-order valence-electron chi connectivity index (χ2n) is 6.59. The molecule has 0 aromatic heterocycles. The summed E-state index contributed by atoms with van der Waals surface area (Å²) in [5.41, 5.74) is 0.800. The maximum Gasteiger partial charge on any atom is 0.309 e. The average Bonchev–Trinajstić information content (AvgIpc) is 3.07. The molecule has 2 aliphatic heterocycles. The maximum absolute atomic E-state index is 12.9. The van der Waals surface area contributed by atoms with Crippen LogP contribution in [0.4, 0.5) is 4.39 Å². The number of halogens is 1. The summed E-state index contributed by atoms with van der Waals surface area (Å²) < 4.78 is 18.6. The number of amides is 1. The SMILES string of the molecule is O=C(O)C1CCO[C@H]1C1CCN(C(=O)Cc2ccc(F)cc2)CC1.